The Kier molecular flexibility index (Phi) is 11.2. The molecular weight excluding hydrogens is 366 g/mol. The fourth-order valence-corrected chi connectivity index (χ4v) is 3.29. The minimum atomic E-state index is -0.276. The quantitative estimate of drug-likeness (QED) is 0.762. The van der Waals surface area contributed by atoms with Gasteiger partial charge in [0.2, 0.25) is 0 Å². The lowest BCUT2D eigenvalue weighted by Crippen LogP contribution is -2.53. The SMILES string of the molecule is CCOC(=O)N1CCC(C)C(OC)C1.CCOC(=O)N1CCC(N)C(OC)C1. The molecule has 2 fully saturated rings. The number of nitrogens with two attached hydrogens (primary N) is 1. The van der Waals surface area contributed by atoms with Gasteiger partial charge in [0.1, 0.15) is 0 Å². The summed E-state index contributed by atoms with van der Waals surface area (Å²) in [6.45, 7) is 9.20. The second-order valence-electron chi connectivity index (χ2n) is 7.06. The lowest BCUT2D eigenvalue weighted by atomic mass is 9.96. The van der Waals surface area contributed by atoms with Crippen molar-refractivity contribution in [2.24, 2.45) is 11.7 Å². The molecule has 0 spiro atoms. The number of hydrogen-bond acceptors (Lipinski definition) is 7. The highest BCUT2D eigenvalue weighted by atomic mass is 16.6. The van der Waals surface area contributed by atoms with Crippen molar-refractivity contribution in [1.82, 2.24) is 9.80 Å². The Morgan fingerprint density at radius 3 is 1.82 bits per heavy atom. The number of methoxy groups -OCH3 is 2. The first-order valence-corrected chi connectivity index (χ1v) is 10.0. The summed E-state index contributed by atoms with van der Waals surface area (Å²) in [5, 5.41) is 0. The molecule has 9 nitrogen and oxygen atoms in total. The average molecular weight is 404 g/mol. The molecule has 0 aliphatic carbocycles. The van der Waals surface area contributed by atoms with Crippen LogP contribution < -0.4 is 5.73 Å². The molecule has 0 bridgehead atoms. The van der Waals surface area contributed by atoms with Crippen LogP contribution in [0.25, 0.3) is 0 Å². The van der Waals surface area contributed by atoms with Crippen LogP contribution in [-0.4, -0.2) is 93.8 Å². The summed E-state index contributed by atoms with van der Waals surface area (Å²) in [5.74, 6) is 0.519. The van der Waals surface area contributed by atoms with Gasteiger partial charge in [-0.05, 0) is 32.6 Å². The van der Waals surface area contributed by atoms with Gasteiger partial charge >= 0.3 is 12.2 Å². The van der Waals surface area contributed by atoms with Crippen molar-refractivity contribution >= 4 is 12.2 Å². The number of carbonyl (C=O) groups is 2. The topological polar surface area (TPSA) is 104 Å². The van der Waals surface area contributed by atoms with Crippen molar-refractivity contribution in [2.75, 3.05) is 53.6 Å². The third-order valence-electron chi connectivity index (χ3n) is 5.16. The monoisotopic (exact) mass is 403 g/mol. The molecule has 0 saturated carbocycles. The average Bonchev–Trinajstić information content (AvgIpc) is 2.69. The summed E-state index contributed by atoms with van der Waals surface area (Å²) in [4.78, 5) is 26.1. The van der Waals surface area contributed by atoms with E-state index in [-0.39, 0.29) is 30.4 Å². The fourth-order valence-electron chi connectivity index (χ4n) is 3.29. The van der Waals surface area contributed by atoms with Crippen LogP contribution in [-0.2, 0) is 18.9 Å². The van der Waals surface area contributed by atoms with Gasteiger partial charge in [-0.3, -0.25) is 0 Å². The van der Waals surface area contributed by atoms with Gasteiger partial charge in [-0.25, -0.2) is 9.59 Å². The van der Waals surface area contributed by atoms with Crippen LogP contribution >= 0.6 is 0 Å². The number of amides is 2. The maximum absolute atomic E-state index is 11.4. The van der Waals surface area contributed by atoms with E-state index < -0.39 is 0 Å². The van der Waals surface area contributed by atoms with Gasteiger partial charge < -0.3 is 34.5 Å². The van der Waals surface area contributed by atoms with Crippen LogP contribution in [0.2, 0.25) is 0 Å². The fraction of sp³-hybridized carbons (Fsp3) is 0.895. The maximum Gasteiger partial charge on any atom is 0.409 e. The largest absolute Gasteiger partial charge is 0.450 e. The highest BCUT2D eigenvalue weighted by Gasteiger charge is 2.30. The number of carbonyl (C=O) groups excluding carboxylic acids is 2. The zero-order chi connectivity index (χ0) is 21.1. The van der Waals surface area contributed by atoms with E-state index in [1.54, 1.807) is 30.9 Å². The smallest absolute Gasteiger partial charge is 0.409 e. The Balaban J connectivity index is 0.000000280. The molecule has 2 heterocycles. The summed E-state index contributed by atoms with van der Waals surface area (Å²) in [6, 6.07) is 0.0191. The summed E-state index contributed by atoms with van der Waals surface area (Å²) in [7, 11) is 3.30. The molecule has 2 aliphatic rings. The van der Waals surface area contributed by atoms with E-state index in [4.69, 9.17) is 24.7 Å². The molecule has 2 rings (SSSR count). The van der Waals surface area contributed by atoms with Crippen LogP contribution in [0.3, 0.4) is 0 Å². The van der Waals surface area contributed by atoms with E-state index in [1.165, 1.54) is 0 Å². The lowest BCUT2D eigenvalue weighted by molar-refractivity contribution is -0.00555. The standard InChI is InChI=1S/C10H19NO3.C9H18N2O3/c1-4-14-10(12)11-6-5-8(2)9(7-11)13-3;1-3-14-9(12)11-5-4-7(10)8(6-11)13-2/h8-9H,4-7H2,1-3H3;7-8H,3-6,10H2,1-2H3. The van der Waals surface area contributed by atoms with E-state index in [0.717, 1.165) is 19.4 Å². The zero-order valence-electron chi connectivity index (χ0n) is 17.9. The number of nitrogens with zero attached hydrogens (tertiary/aromatic N) is 2. The van der Waals surface area contributed by atoms with E-state index >= 15 is 0 Å². The van der Waals surface area contributed by atoms with Crippen LogP contribution in [0.1, 0.15) is 33.6 Å². The summed E-state index contributed by atoms with van der Waals surface area (Å²) in [5.41, 5.74) is 5.82. The normalized spacial score (nSPS) is 27.5. The Labute approximate surface area is 168 Å². The summed E-state index contributed by atoms with van der Waals surface area (Å²) in [6.07, 6.45) is 1.32. The van der Waals surface area contributed by atoms with Crippen LogP contribution in [0.5, 0.6) is 0 Å². The van der Waals surface area contributed by atoms with Gasteiger partial charge in [0.25, 0.3) is 0 Å². The molecule has 0 aromatic carbocycles. The number of ether oxygens (including phenoxy) is 4. The Morgan fingerprint density at radius 1 is 0.893 bits per heavy atom. The molecule has 0 radical (unpaired) electrons. The predicted octanol–water partition coefficient (Wildman–Crippen LogP) is 1.69. The van der Waals surface area contributed by atoms with Crippen LogP contribution in [0.4, 0.5) is 9.59 Å². The van der Waals surface area contributed by atoms with E-state index in [1.807, 2.05) is 6.92 Å². The molecule has 2 aliphatic heterocycles. The highest BCUT2D eigenvalue weighted by molar-refractivity contribution is 5.68. The van der Waals surface area contributed by atoms with Gasteiger partial charge in [-0.1, -0.05) is 6.92 Å². The van der Waals surface area contributed by atoms with Crippen LogP contribution in [0.15, 0.2) is 0 Å². The van der Waals surface area contributed by atoms with Crippen LogP contribution in [0, 0.1) is 5.92 Å². The second-order valence-corrected chi connectivity index (χ2v) is 7.06. The number of rotatable bonds is 4. The van der Waals surface area contributed by atoms with Gasteiger partial charge in [-0.2, -0.15) is 0 Å². The van der Waals surface area contributed by atoms with Crippen molar-refractivity contribution in [3.8, 4) is 0 Å². The first-order chi connectivity index (χ1) is 13.4. The summed E-state index contributed by atoms with van der Waals surface area (Å²) >= 11 is 0. The molecular formula is C19H37N3O6. The van der Waals surface area contributed by atoms with E-state index in [9.17, 15) is 9.59 Å². The Bertz CT molecular complexity index is 437. The molecule has 4 atom stereocenters. The number of hydrogen-bond donors (Lipinski definition) is 1. The van der Waals surface area contributed by atoms with Crippen molar-refractivity contribution in [2.45, 2.75) is 51.9 Å². The van der Waals surface area contributed by atoms with Crippen molar-refractivity contribution in [3.05, 3.63) is 0 Å². The Morgan fingerprint density at radius 2 is 1.36 bits per heavy atom. The molecule has 2 N–H and O–H groups in total. The van der Waals surface area contributed by atoms with Gasteiger partial charge in [0, 0.05) is 33.4 Å². The highest BCUT2D eigenvalue weighted by Crippen LogP contribution is 2.19. The molecule has 9 heteroatoms. The molecule has 0 aromatic rings. The van der Waals surface area contributed by atoms with Gasteiger partial charge in [0.05, 0.1) is 38.5 Å². The molecule has 0 aromatic heterocycles. The van der Waals surface area contributed by atoms with Crippen molar-refractivity contribution < 1.29 is 28.5 Å². The number of likely N-dealkylation sites (tertiary alicyclic amines) is 2. The lowest BCUT2D eigenvalue weighted by Gasteiger charge is -2.35. The molecule has 164 valence electrons. The van der Waals surface area contributed by atoms with Crippen molar-refractivity contribution in [3.63, 3.8) is 0 Å². The third-order valence-corrected chi connectivity index (χ3v) is 5.16. The third kappa shape index (κ3) is 7.44. The Hall–Kier alpha value is -1.58. The zero-order valence-corrected chi connectivity index (χ0v) is 17.9. The predicted molar refractivity (Wildman–Crippen MR) is 105 cm³/mol. The van der Waals surface area contributed by atoms with E-state index in [0.29, 0.717) is 38.8 Å². The molecule has 4 unspecified atom stereocenters. The summed E-state index contributed by atoms with van der Waals surface area (Å²) < 4.78 is 20.3. The molecule has 2 saturated heterocycles. The minimum Gasteiger partial charge on any atom is -0.450 e. The van der Waals surface area contributed by atoms with Crippen molar-refractivity contribution in [1.29, 1.82) is 0 Å². The number of piperidine rings is 2. The minimum absolute atomic E-state index is 0.0191. The van der Waals surface area contributed by atoms with Gasteiger partial charge in [-0.15, -0.1) is 0 Å². The first-order valence-electron chi connectivity index (χ1n) is 10.0. The van der Waals surface area contributed by atoms with Gasteiger partial charge in [0.15, 0.2) is 0 Å². The second kappa shape index (κ2) is 12.8. The maximum atomic E-state index is 11.4. The first kappa shape index (κ1) is 24.5. The molecule has 28 heavy (non-hydrogen) atoms. The molecule has 2 amide bonds. The van der Waals surface area contributed by atoms with E-state index in [2.05, 4.69) is 6.92 Å².